The third-order valence-corrected chi connectivity index (χ3v) is 3.06. The molecule has 0 saturated heterocycles. The predicted molar refractivity (Wildman–Crippen MR) is 74.6 cm³/mol. The molecule has 0 fully saturated rings. The van der Waals surface area contributed by atoms with Crippen LogP contribution >= 0.6 is 0 Å². The van der Waals surface area contributed by atoms with E-state index in [0.717, 1.165) is 17.2 Å². The Morgan fingerprint density at radius 2 is 1.75 bits per heavy atom. The molecule has 0 aliphatic carbocycles. The predicted octanol–water partition coefficient (Wildman–Crippen LogP) is 3.31. The van der Waals surface area contributed by atoms with E-state index in [1.165, 1.54) is 12.1 Å². The number of hydrogen-bond donors (Lipinski definition) is 2. The summed E-state index contributed by atoms with van der Waals surface area (Å²) in [6, 6.07) is 8.93. The number of benzene rings is 2. The summed E-state index contributed by atoms with van der Waals surface area (Å²) in [5, 5.41) is 12.8. The summed E-state index contributed by atoms with van der Waals surface area (Å²) < 4.78 is 26.0. The van der Waals surface area contributed by atoms with Crippen LogP contribution in [0.5, 0.6) is 5.75 Å². The second kappa shape index (κ2) is 6.48. The molecule has 0 atom stereocenters. The van der Waals surface area contributed by atoms with Gasteiger partial charge in [-0.25, -0.2) is 8.78 Å². The van der Waals surface area contributed by atoms with Gasteiger partial charge in [-0.2, -0.15) is 0 Å². The zero-order valence-electron chi connectivity index (χ0n) is 11.3. The Bertz CT molecular complexity index is 579. The number of phenolic OH excluding ortho intramolecular Hbond substituents is 1. The maximum Gasteiger partial charge on any atom is 0.126 e. The fourth-order valence-corrected chi connectivity index (χ4v) is 2.07. The van der Waals surface area contributed by atoms with Gasteiger partial charge >= 0.3 is 0 Å². The fourth-order valence-electron chi connectivity index (χ4n) is 2.07. The van der Waals surface area contributed by atoms with Crippen LogP contribution in [0.15, 0.2) is 36.4 Å². The minimum absolute atomic E-state index is 0.250. The highest BCUT2D eigenvalue weighted by Crippen LogP contribution is 2.17. The van der Waals surface area contributed by atoms with Crippen molar-refractivity contribution in [2.75, 3.05) is 6.54 Å². The molecule has 106 valence electrons. The largest absolute Gasteiger partial charge is 0.508 e. The lowest BCUT2D eigenvalue weighted by atomic mass is 10.1. The van der Waals surface area contributed by atoms with Gasteiger partial charge in [-0.1, -0.05) is 17.7 Å². The normalized spacial score (nSPS) is 10.8. The van der Waals surface area contributed by atoms with E-state index in [4.69, 9.17) is 0 Å². The third kappa shape index (κ3) is 4.03. The van der Waals surface area contributed by atoms with Gasteiger partial charge in [0.2, 0.25) is 0 Å². The van der Waals surface area contributed by atoms with Crippen LogP contribution in [0.25, 0.3) is 0 Å². The molecule has 0 aliphatic heterocycles. The topological polar surface area (TPSA) is 32.3 Å². The van der Waals surface area contributed by atoms with Crippen molar-refractivity contribution in [1.29, 1.82) is 0 Å². The van der Waals surface area contributed by atoms with Gasteiger partial charge in [0, 0.05) is 18.2 Å². The first kappa shape index (κ1) is 14.5. The molecule has 0 heterocycles. The van der Waals surface area contributed by atoms with Crippen molar-refractivity contribution in [2.24, 2.45) is 0 Å². The van der Waals surface area contributed by atoms with Crippen molar-refractivity contribution < 1.29 is 13.9 Å². The molecule has 20 heavy (non-hydrogen) atoms. The van der Waals surface area contributed by atoms with Crippen LogP contribution in [0.2, 0.25) is 0 Å². The lowest BCUT2D eigenvalue weighted by Gasteiger charge is -2.08. The van der Waals surface area contributed by atoms with Gasteiger partial charge in [0.25, 0.3) is 0 Å². The quantitative estimate of drug-likeness (QED) is 0.822. The molecular formula is C16H17F2NO. The summed E-state index contributed by atoms with van der Waals surface area (Å²) >= 11 is 0. The summed E-state index contributed by atoms with van der Waals surface area (Å²) in [7, 11) is 0. The molecule has 0 amide bonds. The number of aromatic hydroxyl groups is 1. The number of rotatable bonds is 5. The van der Waals surface area contributed by atoms with E-state index in [9.17, 15) is 13.9 Å². The molecule has 2 aromatic rings. The monoisotopic (exact) mass is 277 g/mol. The number of halogens is 2. The van der Waals surface area contributed by atoms with Crippen molar-refractivity contribution in [3.05, 3.63) is 64.7 Å². The van der Waals surface area contributed by atoms with E-state index >= 15 is 0 Å². The van der Waals surface area contributed by atoms with Crippen LogP contribution in [0, 0.1) is 18.6 Å². The Kier molecular flexibility index (Phi) is 4.69. The van der Waals surface area contributed by atoms with Crippen LogP contribution in [-0.2, 0) is 13.0 Å². The van der Waals surface area contributed by atoms with Crippen LogP contribution < -0.4 is 5.32 Å². The number of hydrogen-bond acceptors (Lipinski definition) is 2. The Morgan fingerprint density at radius 3 is 2.45 bits per heavy atom. The second-order valence-electron chi connectivity index (χ2n) is 4.84. The van der Waals surface area contributed by atoms with Crippen molar-refractivity contribution in [3.8, 4) is 5.75 Å². The van der Waals surface area contributed by atoms with Crippen molar-refractivity contribution >= 4 is 0 Å². The first-order valence-electron chi connectivity index (χ1n) is 6.49. The van der Waals surface area contributed by atoms with Crippen molar-refractivity contribution in [1.82, 2.24) is 5.32 Å². The molecule has 0 spiro atoms. The third-order valence-electron chi connectivity index (χ3n) is 3.06. The van der Waals surface area contributed by atoms with E-state index in [-0.39, 0.29) is 5.75 Å². The molecule has 2 aromatic carbocycles. The minimum atomic E-state index is -0.559. The highest BCUT2D eigenvalue weighted by molar-refractivity contribution is 5.35. The van der Waals surface area contributed by atoms with Crippen LogP contribution in [0.4, 0.5) is 8.78 Å². The number of phenols is 1. The summed E-state index contributed by atoms with van der Waals surface area (Å²) in [6.45, 7) is 3.06. The van der Waals surface area contributed by atoms with Crippen LogP contribution in [0.3, 0.4) is 0 Å². The highest BCUT2D eigenvalue weighted by Gasteiger charge is 2.02. The SMILES string of the molecule is Cc1ccc(O)c(CNCCc2cc(F)cc(F)c2)c1. The maximum absolute atomic E-state index is 13.0. The minimum Gasteiger partial charge on any atom is -0.508 e. The first-order valence-corrected chi connectivity index (χ1v) is 6.49. The molecule has 4 heteroatoms. The highest BCUT2D eigenvalue weighted by atomic mass is 19.1. The van der Waals surface area contributed by atoms with Crippen molar-refractivity contribution in [2.45, 2.75) is 19.9 Å². The van der Waals surface area contributed by atoms with E-state index < -0.39 is 11.6 Å². The molecule has 0 aliphatic rings. The van der Waals surface area contributed by atoms with Crippen LogP contribution in [0.1, 0.15) is 16.7 Å². The van der Waals surface area contributed by atoms with Crippen LogP contribution in [-0.4, -0.2) is 11.7 Å². The van der Waals surface area contributed by atoms with Gasteiger partial charge in [-0.05, 0) is 43.7 Å². The smallest absolute Gasteiger partial charge is 0.126 e. The van der Waals surface area contributed by atoms with Gasteiger partial charge in [0.15, 0.2) is 0 Å². The zero-order valence-corrected chi connectivity index (χ0v) is 11.3. The Balaban J connectivity index is 1.86. The zero-order chi connectivity index (χ0) is 14.5. The van der Waals surface area contributed by atoms with E-state index in [1.54, 1.807) is 6.07 Å². The first-order chi connectivity index (χ1) is 9.54. The second-order valence-corrected chi connectivity index (χ2v) is 4.84. The number of nitrogens with one attached hydrogen (secondary N) is 1. The van der Waals surface area contributed by atoms with Gasteiger partial charge in [-0.15, -0.1) is 0 Å². The lowest BCUT2D eigenvalue weighted by Crippen LogP contribution is -2.17. The molecule has 2 rings (SSSR count). The van der Waals surface area contributed by atoms with Gasteiger partial charge < -0.3 is 10.4 Å². The molecule has 0 saturated carbocycles. The fraction of sp³-hybridized carbons (Fsp3) is 0.250. The van der Waals surface area contributed by atoms with E-state index in [0.29, 0.717) is 25.1 Å². The average Bonchev–Trinajstić information content (AvgIpc) is 2.37. The lowest BCUT2D eigenvalue weighted by molar-refractivity contribution is 0.464. The molecular weight excluding hydrogens is 260 g/mol. The Hall–Kier alpha value is -1.94. The van der Waals surface area contributed by atoms with Gasteiger partial charge in [0.05, 0.1) is 0 Å². The van der Waals surface area contributed by atoms with Gasteiger partial charge in [-0.3, -0.25) is 0 Å². The maximum atomic E-state index is 13.0. The molecule has 0 aromatic heterocycles. The van der Waals surface area contributed by atoms with Gasteiger partial charge in [0.1, 0.15) is 17.4 Å². The molecule has 0 radical (unpaired) electrons. The number of aryl methyl sites for hydroxylation is 1. The van der Waals surface area contributed by atoms with E-state index in [1.807, 2.05) is 19.1 Å². The summed E-state index contributed by atoms with van der Waals surface area (Å²) in [4.78, 5) is 0. The molecule has 2 nitrogen and oxygen atoms in total. The van der Waals surface area contributed by atoms with Crippen molar-refractivity contribution in [3.63, 3.8) is 0 Å². The molecule has 2 N–H and O–H groups in total. The standard InChI is InChI=1S/C16H17F2NO/c1-11-2-3-16(20)13(6-11)10-19-5-4-12-7-14(17)9-15(18)8-12/h2-3,6-9,19-20H,4-5,10H2,1H3. The van der Waals surface area contributed by atoms with E-state index in [2.05, 4.69) is 5.32 Å². The summed E-state index contributed by atoms with van der Waals surface area (Å²) in [5.74, 6) is -0.868. The molecule has 0 unspecified atom stereocenters. The average molecular weight is 277 g/mol. The Labute approximate surface area is 117 Å². The summed E-state index contributed by atoms with van der Waals surface area (Å²) in [6.07, 6.45) is 0.529. The summed E-state index contributed by atoms with van der Waals surface area (Å²) in [5.41, 5.74) is 2.51. The molecule has 0 bridgehead atoms. The Morgan fingerprint density at radius 1 is 1.05 bits per heavy atom.